The van der Waals surface area contributed by atoms with Crippen LogP contribution < -0.4 is 0 Å². The van der Waals surface area contributed by atoms with Crippen LogP contribution in [0.3, 0.4) is 0 Å². The number of nitrogens with zero attached hydrogens (tertiary/aromatic N) is 5. The molecule has 0 radical (unpaired) electrons. The van der Waals surface area contributed by atoms with Gasteiger partial charge in [-0.25, -0.2) is 4.68 Å². The Morgan fingerprint density at radius 1 is 1.15 bits per heavy atom. The van der Waals surface area contributed by atoms with Gasteiger partial charge in [-0.1, -0.05) is 23.4 Å². The summed E-state index contributed by atoms with van der Waals surface area (Å²) in [6.45, 7) is 3.15. The van der Waals surface area contributed by atoms with E-state index in [1.165, 1.54) is 0 Å². The number of aromatic nitrogens is 4. The molecular weight excluding hydrogens is 330 g/mol. The third-order valence-corrected chi connectivity index (χ3v) is 5.16. The van der Waals surface area contributed by atoms with Crippen LogP contribution >= 0.6 is 0 Å². The molecule has 0 bridgehead atoms. The fourth-order valence-electron chi connectivity index (χ4n) is 3.34. The molecule has 1 aliphatic carbocycles. The van der Waals surface area contributed by atoms with Crippen molar-refractivity contribution in [3.05, 3.63) is 59.5 Å². The third-order valence-electron chi connectivity index (χ3n) is 5.16. The van der Waals surface area contributed by atoms with E-state index in [1.54, 1.807) is 10.9 Å². The highest BCUT2D eigenvalue weighted by atomic mass is 16.5. The Labute approximate surface area is 150 Å². The average molecular weight is 349 g/mol. The van der Waals surface area contributed by atoms with E-state index in [-0.39, 0.29) is 11.8 Å². The second-order valence-electron chi connectivity index (χ2n) is 7.06. The van der Waals surface area contributed by atoms with Gasteiger partial charge in [0.1, 0.15) is 0 Å². The smallest absolute Gasteiger partial charge is 0.257 e. The predicted molar refractivity (Wildman–Crippen MR) is 93.2 cm³/mol. The summed E-state index contributed by atoms with van der Waals surface area (Å²) in [5, 5.41) is 8.44. The Bertz CT molecular complexity index is 951. The summed E-state index contributed by atoms with van der Waals surface area (Å²) < 4.78 is 7.17. The summed E-state index contributed by atoms with van der Waals surface area (Å²) in [7, 11) is 0. The zero-order chi connectivity index (χ0) is 17.7. The summed E-state index contributed by atoms with van der Waals surface area (Å²) in [6.07, 6.45) is 3.95. The van der Waals surface area contributed by atoms with E-state index in [2.05, 4.69) is 15.2 Å². The molecule has 26 heavy (non-hydrogen) atoms. The van der Waals surface area contributed by atoms with Crippen LogP contribution in [0.5, 0.6) is 0 Å². The lowest BCUT2D eigenvalue weighted by Gasteiger charge is -2.37. The molecule has 0 spiro atoms. The van der Waals surface area contributed by atoms with Gasteiger partial charge >= 0.3 is 0 Å². The van der Waals surface area contributed by atoms with Gasteiger partial charge in [0.15, 0.2) is 5.82 Å². The van der Waals surface area contributed by atoms with Crippen molar-refractivity contribution in [3.63, 3.8) is 0 Å². The van der Waals surface area contributed by atoms with Crippen LogP contribution in [0.4, 0.5) is 0 Å². The second kappa shape index (κ2) is 5.79. The lowest BCUT2D eigenvalue weighted by molar-refractivity contribution is 0.0568. The first kappa shape index (κ1) is 15.3. The van der Waals surface area contributed by atoms with Crippen LogP contribution in [-0.2, 0) is 0 Å². The minimum absolute atomic E-state index is 0.00265. The third kappa shape index (κ3) is 2.51. The average Bonchev–Trinajstić information content (AvgIpc) is 3.23. The highest BCUT2D eigenvalue weighted by molar-refractivity contribution is 5.95. The molecule has 5 rings (SSSR count). The molecule has 2 fully saturated rings. The SMILES string of the molecule is Cc1c(C(=O)N2CC(c3nc(C4CC4)no3)C2)cnn1-c1ccccc1. The van der Waals surface area contributed by atoms with Crippen LogP contribution in [-0.4, -0.2) is 43.8 Å². The molecule has 7 heteroatoms. The number of benzene rings is 1. The van der Waals surface area contributed by atoms with Crippen LogP contribution in [0.15, 0.2) is 41.1 Å². The summed E-state index contributed by atoms with van der Waals surface area (Å²) in [6, 6.07) is 9.82. The van der Waals surface area contributed by atoms with Crippen LogP contribution in [0.2, 0.25) is 0 Å². The van der Waals surface area contributed by atoms with Gasteiger partial charge in [0.25, 0.3) is 5.91 Å². The highest BCUT2D eigenvalue weighted by Gasteiger charge is 2.38. The summed E-state index contributed by atoms with van der Waals surface area (Å²) in [5.41, 5.74) is 2.43. The second-order valence-corrected chi connectivity index (χ2v) is 7.06. The van der Waals surface area contributed by atoms with Crippen molar-refractivity contribution in [1.82, 2.24) is 24.8 Å². The molecule has 1 saturated heterocycles. The van der Waals surface area contributed by atoms with E-state index in [0.717, 1.165) is 30.0 Å². The molecule has 0 unspecified atom stereocenters. The first-order valence-electron chi connectivity index (χ1n) is 8.93. The van der Waals surface area contributed by atoms with Gasteiger partial charge in [0, 0.05) is 19.0 Å². The highest BCUT2D eigenvalue weighted by Crippen LogP contribution is 2.39. The maximum atomic E-state index is 12.8. The fourth-order valence-corrected chi connectivity index (χ4v) is 3.34. The van der Waals surface area contributed by atoms with Gasteiger partial charge in [-0.2, -0.15) is 10.1 Å². The number of rotatable bonds is 4. The van der Waals surface area contributed by atoms with E-state index < -0.39 is 0 Å². The van der Waals surface area contributed by atoms with Gasteiger partial charge in [-0.05, 0) is 31.9 Å². The Morgan fingerprint density at radius 3 is 2.65 bits per heavy atom. The van der Waals surface area contributed by atoms with Crippen molar-refractivity contribution in [2.24, 2.45) is 0 Å². The number of hydrogen-bond acceptors (Lipinski definition) is 5. The maximum Gasteiger partial charge on any atom is 0.257 e. The largest absolute Gasteiger partial charge is 0.339 e. The van der Waals surface area contributed by atoms with Crippen molar-refractivity contribution in [2.75, 3.05) is 13.1 Å². The summed E-state index contributed by atoms with van der Waals surface area (Å²) in [4.78, 5) is 19.1. The quantitative estimate of drug-likeness (QED) is 0.724. The van der Waals surface area contributed by atoms with Crippen LogP contribution in [0.25, 0.3) is 5.69 Å². The van der Waals surface area contributed by atoms with Gasteiger partial charge < -0.3 is 9.42 Å². The molecule has 1 amide bonds. The van der Waals surface area contributed by atoms with E-state index in [4.69, 9.17) is 4.52 Å². The number of likely N-dealkylation sites (tertiary alicyclic amines) is 1. The molecule has 3 aromatic rings. The van der Waals surface area contributed by atoms with Crippen molar-refractivity contribution in [3.8, 4) is 5.69 Å². The topological polar surface area (TPSA) is 77.1 Å². The molecule has 1 aromatic carbocycles. The number of para-hydroxylation sites is 1. The zero-order valence-corrected chi connectivity index (χ0v) is 14.5. The number of carbonyl (C=O) groups is 1. The molecule has 1 aliphatic heterocycles. The molecule has 3 heterocycles. The molecule has 132 valence electrons. The van der Waals surface area contributed by atoms with E-state index >= 15 is 0 Å². The number of carbonyl (C=O) groups excluding carboxylic acids is 1. The lowest BCUT2D eigenvalue weighted by Crippen LogP contribution is -2.48. The van der Waals surface area contributed by atoms with Crippen molar-refractivity contribution in [2.45, 2.75) is 31.6 Å². The minimum Gasteiger partial charge on any atom is -0.339 e. The van der Waals surface area contributed by atoms with Crippen LogP contribution in [0, 0.1) is 6.92 Å². The number of hydrogen-bond donors (Lipinski definition) is 0. The Morgan fingerprint density at radius 2 is 1.92 bits per heavy atom. The molecule has 0 atom stereocenters. The van der Waals surface area contributed by atoms with E-state index in [9.17, 15) is 4.79 Å². The van der Waals surface area contributed by atoms with Gasteiger partial charge in [0.05, 0.1) is 29.1 Å². The van der Waals surface area contributed by atoms with Crippen molar-refractivity contribution in [1.29, 1.82) is 0 Å². The molecule has 0 N–H and O–H groups in total. The fraction of sp³-hybridized carbons (Fsp3) is 0.368. The lowest BCUT2D eigenvalue weighted by atomic mass is 9.99. The van der Waals surface area contributed by atoms with E-state index in [1.807, 2.05) is 42.2 Å². The monoisotopic (exact) mass is 349 g/mol. The zero-order valence-electron chi connectivity index (χ0n) is 14.5. The standard InChI is InChI=1S/C19H19N5O2/c1-12-16(9-20-24(12)15-5-3-2-4-6-15)19(25)23-10-14(11-23)18-21-17(22-26-18)13-7-8-13/h2-6,9,13-14H,7-8,10-11H2,1H3. The first-order chi connectivity index (χ1) is 12.7. The molecule has 2 aliphatic rings. The molecule has 2 aromatic heterocycles. The van der Waals surface area contributed by atoms with Gasteiger partial charge in [0.2, 0.25) is 5.89 Å². The first-order valence-corrected chi connectivity index (χ1v) is 8.93. The predicted octanol–water partition coefficient (Wildman–Crippen LogP) is 2.68. The number of amides is 1. The normalized spacial score (nSPS) is 17.3. The van der Waals surface area contributed by atoms with Crippen molar-refractivity contribution >= 4 is 5.91 Å². The van der Waals surface area contributed by atoms with E-state index in [0.29, 0.717) is 30.5 Å². The van der Waals surface area contributed by atoms with Gasteiger partial charge in [-0.3, -0.25) is 4.79 Å². The Kier molecular flexibility index (Phi) is 3.41. The Hall–Kier alpha value is -2.96. The van der Waals surface area contributed by atoms with Gasteiger partial charge in [-0.15, -0.1) is 0 Å². The summed E-state index contributed by atoms with van der Waals surface area (Å²) >= 11 is 0. The molecule has 7 nitrogen and oxygen atoms in total. The Balaban J connectivity index is 1.28. The van der Waals surface area contributed by atoms with Crippen LogP contribution in [0.1, 0.15) is 52.4 Å². The summed E-state index contributed by atoms with van der Waals surface area (Å²) in [5.74, 6) is 2.11. The molecule has 1 saturated carbocycles. The maximum absolute atomic E-state index is 12.8. The molecular formula is C19H19N5O2. The minimum atomic E-state index is 0.00265. The van der Waals surface area contributed by atoms with Crippen molar-refractivity contribution < 1.29 is 9.32 Å².